The van der Waals surface area contributed by atoms with Gasteiger partial charge in [0.1, 0.15) is 17.9 Å². The summed E-state index contributed by atoms with van der Waals surface area (Å²) in [5.41, 5.74) is -2.17. The summed E-state index contributed by atoms with van der Waals surface area (Å²) in [5, 5.41) is 24.1. The summed E-state index contributed by atoms with van der Waals surface area (Å²) in [6, 6.07) is 0. The fourth-order valence-electron chi connectivity index (χ4n) is 2.68. The van der Waals surface area contributed by atoms with Crippen LogP contribution in [0.2, 0.25) is 0 Å². The second-order valence-electron chi connectivity index (χ2n) is 6.28. The number of nitrogens with zero attached hydrogens (tertiary/aromatic N) is 1. The van der Waals surface area contributed by atoms with E-state index < -0.39 is 29.6 Å². The molecule has 0 aliphatic carbocycles. The molecule has 0 saturated heterocycles. The van der Waals surface area contributed by atoms with Crippen molar-refractivity contribution >= 4 is 11.9 Å². The fourth-order valence-corrected chi connectivity index (χ4v) is 2.68. The number of rotatable bonds is 10. The number of aliphatic carboxylic acids is 2. The first kappa shape index (κ1) is 19.6. The van der Waals surface area contributed by atoms with Gasteiger partial charge in [-0.2, -0.15) is 0 Å². The minimum absolute atomic E-state index is 0.0453. The molecule has 0 aromatic carbocycles. The molecule has 0 spiro atoms. The van der Waals surface area contributed by atoms with Crippen molar-refractivity contribution in [1.29, 1.82) is 0 Å². The van der Waals surface area contributed by atoms with Gasteiger partial charge in [0, 0.05) is 19.9 Å². The van der Waals surface area contributed by atoms with Crippen LogP contribution in [0.25, 0.3) is 0 Å². The zero-order chi connectivity index (χ0) is 16.9. The Labute approximate surface area is 127 Å². The van der Waals surface area contributed by atoms with Gasteiger partial charge in [-0.3, -0.25) is 10.1 Å². The van der Waals surface area contributed by atoms with Crippen molar-refractivity contribution in [3.63, 3.8) is 0 Å². The molecule has 0 saturated carbocycles. The predicted octanol–water partition coefficient (Wildman–Crippen LogP) is 0.338. The summed E-state index contributed by atoms with van der Waals surface area (Å²) in [6.45, 7) is 9.51. The maximum atomic E-state index is 11.7. The van der Waals surface area contributed by atoms with Crippen LogP contribution in [0.5, 0.6) is 0 Å². The van der Waals surface area contributed by atoms with Gasteiger partial charge in [0.25, 0.3) is 0 Å². The third kappa shape index (κ3) is 3.83. The van der Waals surface area contributed by atoms with E-state index in [0.29, 0.717) is 13.0 Å². The molecule has 0 radical (unpaired) electrons. The van der Waals surface area contributed by atoms with Gasteiger partial charge in [0.2, 0.25) is 0 Å². The van der Waals surface area contributed by atoms with Gasteiger partial charge in [0.05, 0.1) is 14.1 Å². The van der Waals surface area contributed by atoms with E-state index in [1.807, 2.05) is 13.8 Å². The van der Waals surface area contributed by atoms with E-state index in [9.17, 15) is 14.7 Å². The van der Waals surface area contributed by atoms with Crippen molar-refractivity contribution in [2.24, 2.45) is 0 Å². The summed E-state index contributed by atoms with van der Waals surface area (Å²) in [4.78, 5) is 22.8. The Morgan fingerprint density at radius 1 is 1.38 bits per heavy atom. The molecule has 2 unspecified atom stereocenters. The molecule has 0 aromatic heterocycles. The van der Waals surface area contributed by atoms with Crippen LogP contribution in [-0.4, -0.2) is 53.4 Å². The lowest BCUT2D eigenvalue weighted by Crippen LogP contribution is -2.78. The van der Waals surface area contributed by atoms with Crippen LogP contribution in [0.3, 0.4) is 0 Å². The lowest BCUT2D eigenvalue weighted by atomic mass is 9.87. The summed E-state index contributed by atoms with van der Waals surface area (Å²) in [5.74, 6) is -2.52. The molecule has 0 fully saturated rings. The third-order valence-electron chi connectivity index (χ3n) is 4.77. The van der Waals surface area contributed by atoms with Gasteiger partial charge in [0.15, 0.2) is 5.66 Å². The second-order valence-corrected chi connectivity index (χ2v) is 6.28. The second kappa shape index (κ2) is 7.04. The number of carboxylic acids is 2. The highest BCUT2D eigenvalue weighted by molar-refractivity contribution is 5.82. The number of nitrogens with one attached hydrogen (secondary N) is 1. The van der Waals surface area contributed by atoms with E-state index >= 15 is 0 Å². The van der Waals surface area contributed by atoms with Gasteiger partial charge >= 0.3 is 5.97 Å². The van der Waals surface area contributed by atoms with Crippen molar-refractivity contribution in [1.82, 2.24) is 5.32 Å². The Hall–Kier alpha value is -1.40. The molecule has 0 aliphatic rings. The lowest BCUT2D eigenvalue weighted by molar-refractivity contribution is -0.981. The minimum atomic E-state index is -1.55. The molecular formula is C15H28N2O4. The zero-order valence-corrected chi connectivity index (χ0v) is 13.7. The largest absolute Gasteiger partial charge is 0.544 e. The number of carboxylic acid groups (broad SMARTS) is 2. The van der Waals surface area contributed by atoms with Gasteiger partial charge < -0.3 is 19.5 Å². The van der Waals surface area contributed by atoms with Crippen LogP contribution in [-0.2, 0) is 9.59 Å². The highest BCUT2D eigenvalue weighted by atomic mass is 16.4. The number of carbonyl (C=O) groups is 2. The maximum Gasteiger partial charge on any atom is 0.310 e. The molecule has 6 heteroatoms. The molecule has 122 valence electrons. The molecule has 0 heterocycles. The quantitative estimate of drug-likeness (QED) is 0.345. The smallest absolute Gasteiger partial charge is 0.310 e. The maximum absolute atomic E-state index is 11.7. The van der Waals surface area contributed by atoms with E-state index in [1.54, 1.807) is 20.2 Å². The molecule has 2 N–H and O–H groups in total. The summed E-state index contributed by atoms with van der Waals surface area (Å²) in [6.07, 6.45) is 2.72. The zero-order valence-electron chi connectivity index (χ0n) is 13.7. The molecule has 2 atom stereocenters. The summed E-state index contributed by atoms with van der Waals surface area (Å²) >= 11 is 0. The first-order valence-electron chi connectivity index (χ1n) is 7.12. The van der Waals surface area contributed by atoms with Gasteiger partial charge in [-0.05, 0) is 13.3 Å². The van der Waals surface area contributed by atoms with E-state index in [2.05, 4.69) is 11.9 Å². The number of hydrogen-bond acceptors (Lipinski definition) is 4. The minimum Gasteiger partial charge on any atom is -0.544 e. The molecule has 0 rings (SSSR count). The van der Waals surface area contributed by atoms with Gasteiger partial charge in [-0.25, -0.2) is 0 Å². The van der Waals surface area contributed by atoms with E-state index in [-0.39, 0.29) is 4.48 Å². The number of likely N-dealkylation sites (N-methyl/N-ethyl adjacent to an activating group) is 1. The van der Waals surface area contributed by atoms with Crippen LogP contribution in [0.1, 0.15) is 40.0 Å². The normalized spacial score (nSPS) is 17.6. The van der Waals surface area contributed by atoms with Crippen LogP contribution in [0.15, 0.2) is 12.7 Å². The first-order chi connectivity index (χ1) is 9.48. The van der Waals surface area contributed by atoms with Crippen molar-refractivity contribution in [3.8, 4) is 0 Å². The van der Waals surface area contributed by atoms with E-state index in [0.717, 1.165) is 6.42 Å². The monoisotopic (exact) mass is 300 g/mol. The van der Waals surface area contributed by atoms with Crippen LogP contribution < -0.4 is 10.4 Å². The standard InChI is InChI=1S/C15H28N2O4/c1-7-9-15(4,16-10-8-2)17(5,6)14(3,13(20)21)11-12(18)19/h8,16H,2,7,9-11H2,1,3-6H3,(H-,18,19,20,21). The summed E-state index contributed by atoms with van der Waals surface area (Å²) in [7, 11) is 3.45. The number of carbonyl (C=O) groups excluding carboxylic acids is 1. The lowest BCUT2D eigenvalue weighted by Gasteiger charge is -2.56. The topological polar surface area (TPSA) is 89.5 Å². The summed E-state index contributed by atoms with van der Waals surface area (Å²) < 4.78 is -0.0453. The van der Waals surface area contributed by atoms with E-state index in [4.69, 9.17) is 5.11 Å². The Morgan fingerprint density at radius 2 is 1.90 bits per heavy atom. The van der Waals surface area contributed by atoms with Crippen molar-refractivity contribution < 1.29 is 24.3 Å². The average molecular weight is 300 g/mol. The highest BCUT2D eigenvalue weighted by Crippen LogP contribution is 2.35. The molecule has 0 aromatic rings. The van der Waals surface area contributed by atoms with Crippen LogP contribution >= 0.6 is 0 Å². The Balaban J connectivity index is 5.84. The average Bonchev–Trinajstić information content (AvgIpc) is 2.35. The Kier molecular flexibility index (Phi) is 6.57. The Bertz CT molecular complexity index is 408. The van der Waals surface area contributed by atoms with Crippen molar-refractivity contribution in [3.05, 3.63) is 12.7 Å². The molecule has 21 heavy (non-hydrogen) atoms. The van der Waals surface area contributed by atoms with Crippen molar-refractivity contribution in [2.45, 2.75) is 51.2 Å². The number of hydrogen-bond donors (Lipinski definition) is 2. The number of quaternary nitrogens is 1. The molecule has 6 nitrogen and oxygen atoms in total. The predicted molar refractivity (Wildman–Crippen MR) is 79.3 cm³/mol. The molecular weight excluding hydrogens is 272 g/mol. The van der Waals surface area contributed by atoms with Crippen LogP contribution in [0.4, 0.5) is 0 Å². The van der Waals surface area contributed by atoms with Crippen molar-refractivity contribution in [2.75, 3.05) is 20.6 Å². The highest BCUT2D eigenvalue weighted by Gasteiger charge is 2.54. The molecule has 0 aliphatic heterocycles. The van der Waals surface area contributed by atoms with Crippen LogP contribution in [0, 0.1) is 0 Å². The molecule has 0 amide bonds. The SMILES string of the molecule is C=CCNC(C)(CCC)[N+](C)(C)C(C)(CC(=O)O)C(=O)[O-]. The first-order valence-corrected chi connectivity index (χ1v) is 7.12. The van der Waals surface area contributed by atoms with E-state index in [1.165, 1.54) is 6.92 Å². The Morgan fingerprint density at radius 3 is 2.24 bits per heavy atom. The van der Waals surface area contributed by atoms with Gasteiger partial charge in [-0.15, -0.1) is 6.58 Å². The fraction of sp³-hybridized carbons (Fsp3) is 0.733. The third-order valence-corrected chi connectivity index (χ3v) is 4.77. The van der Waals surface area contributed by atoms with Gasteiger partial charge in [-0.1, -0.05) is 13.0 Å². The molecule has 0 bridgehead atoms.